The van der Waals surface area contributed by atoms with Crippen molar-refractivity contribution in [3.63, 3.8) is 0 Å². The fraction of sp³-hybridized carbons (Fsp3) is 1.00. The van der Waals surface area contributed by atoms with Crippen molar-refractivity contribution in [1.29, 1.82) is 0 Å². The highest BCUT2D eigenvalue weighted by atomic mass is 32.2. The third-order valence-electron chi connectivity index (χ3n) is 4.21. The summed E-state index contributed by atoms with van der Waals surface area (Å²) in [5.74, 6) is 0.622. The SMILES string of the molecule is CCS(=O)(=O)NCC1C(C)(C)C1(C)C. The third-order valence-corrected chi connectivity index (χ3v) is 5.57. The summed E-state index contributed by atoms with van der Waals surface area (Å²) in [5.41, 5.74) is 0.506. The first-order valence-electron chi connectivity index (χ1n) is 5.12. The van der Waals surface area contributed by atoms with Crippen LogP contribution in [-0.2, 0) is 10.0 Å². The van der Waals surface area contributed by atoms with Crippen LogP contribution < -0.4 is 4.72 Å². The van der Waals surface area contributed by atoms with Crippen molar-refractivity contribution in [2.75, 3.05) is 12.3 Å². The first-order chi connectivity index (χ1) is 6.15. The van der Waals surface area contributed by atoms with Crippen LogP contribution in [0.2, 0.25) is 0 Å². The summed E-state index contributed by atoms with van der Waals surface area (Å²) in [7, 11) is -3.02. The summed E-state index contributed by atoms with van der Waals surface area (Å²) in [6, 6.07) is 0. The Morgan fingerprint density at radius 2 is 1.57 bits per heavy atom. The molecule has 3 nitrogen and oxygen atoms in total. The van der Waals surface area contributed by atoms with Crippen LogP contribution in [0.15, 0.2) is 0 Å². The van der Waals surface area contributed by atoms with E-state index in [9.17, 15) is 8.42 Å². The monoisotopic (exact) mass is 219 g/mol. The van der Waals surface area contributed by atoms with Gasteiger partial charge in [0.05, 0.1) is 5.75 Å². The fourth-order valence-electron chi connectivity index (χ4n) is 2.16. The summed E-state index contributed by atoms with van der Waals surface area (Å²) in [4.78, 5) is 0. The van der Waals surface area contributed by atoms with E-state index in [1.807, 2.05) is 0 Å². The van der Waals surface area contributed by atoms with Gasteiger partial charge in [0, 0.05) is 6.54 Å². The van der Waals surface area contributed by atoms with E-state index < -0.39 is 10.0 Å². The molecule has 1 saturated carbocycles. The Kier molecular flexibility index (Phi) is 2.74. The minimum atomic E-state index is -3.02. The van der Waals surface area contributed by atoms with Gasteiger partial charge in [-0.05, 0) is 23.7 Å². The second-order valence-corrected chi connectivity index (χ2v) is 7.34. The maximum Gasteiger partial charge on any atom is 0.211 e. The van der Waals surface area contributed by atoms with E-state index in [0.29, 0.717) is 12.5 Å². The normalized spacial score (nSPS) is 24.9. The molecule has 0 radical (unpaired) electrons. The molecule has 1 rings (SSSR count). The zero-order valence-electron chi connectivity index (χ0n) is 9.72. The average Bonchev–Trinajstić information content (AvgIpc) is 2.41. The highest BCUT2D eigenvalue weighted by Crippen LogP contribution is 2.67. The van der Waals surface area contributed by atoms with Crippen molar-refractivity contribution >= 4 is 10.0 Å². The summed E-state index contributed by atoms with van der Waals surface area (Å²) >= 11 is 0. The van der Waals surface area contributed by atoms with E-state index in [0.717, 1.165) is 0 Å². The highest BCUT2D eigenvalue weighted by Gasteiger charge is 2.64. The van der Waals surface area contributed by atoms with Gasteiger partial charge >= 0.3 is 0 Å². The van der Waals surface area contributed by atoms with Crippen LogP contribution in [0.4, 0.5) is 0 Å². The Bertz CT molecular complexity index is 303. The molecule has 1 fully saturated rings. The topological polar surface area (TPSA) is 46.2 Å². The number of hydrogen-bond donors (Lipinski definition) is 1. The fourth-order valence-corrected chi connectivity index (χ4v) is 2.78. The van der Waals surface area contributed by atoms with Crippen LogP contribution in [0.5, 0.6) is 0 Å². The molecule has 0 aromatic heterocycles. The van der Waals surface area contributed by atoms with Gasteiger partial charge in [-0.3, -0.25) is 0 Å². The molecule has 0 heterocycles. The number of rotatable bonds is 4. The first-order valence-corrected chi connectivity index (χ1v) is 6.77. The van der Waals surface area contributed by atoms with Gasteiger partial charge in [0.25, 0.3) is 0 Å². The zero-order valence-corrected chi connectivity index (χ0v) is 10.5. The minimum Gasteiger partial charge on any atom is -0.215 e. The van der Waals surface area contributed by atoms with Crippen LogP contribution in [-0.4, -0.2) is 20.7 Å². The van der Waals surface area contributed by atoms with E-state index in [1.165, 1.54) is 0 Å². The number of hydrogen-bond acceptors (Lipinski definition) is 2. The molecule has 0 atom stereocenters. The molecule has 1 aliphatic rings. The lowest BCUT2D eigenvalue weighted by Crippen LogP contribution is -2.28. The Balaban J connectivity index is 2.52. The summed E-state index contributed by atoms with van der Waals surface area (Å²) < 4.78 is 25.1. The molecule has 0 saturated heterocycles. The number of sulfonamides is 1. The van der Waals surface area contributed by atoms with Gasteiger partial charge in [-0.1, -0.05) is 27.7 Å². The Morgan fingerprint density at radius 1 is 1.14 bits per heavy atom. The molecule has 0 spiro atoms. The van der Waals surface area contributed by atoms with Gasteiger partial charge < -0.3 is 0 Å². The van der Waals surface area contributed by atoms with Crippen molar-refractivity contribution in [3.05, 3.63) is 0 Å². The van der Waals surface area contributed by atoms with Crippen molar-refractivity contribution < 1.29 is 8.42 Å². The molecule has 0 aromatic carbocycles. The lowest BCUT2D eigenvalue weighted by molar-refractivity contribution is 0.457. The quantitative estimate of drug-likeness (QED) is 0.781. The molecule has 0 aliphatic heterocycles. The molecule has 0 unspecified atom stereocenters. The largest absolute Gasteiger partial charge is 0.215 e. The summed E-state index contributed by atoms with van der Waals surface area (Å²) in [6.07, 6.45) is 0. The van der Waals surface area contributed by atoms with Gasteiger partial charge in [0.2, 0.25) is 10.0 Å². The molecule has 14 heavy (non-hydrogen) atoms. The predicted octanol–water partition coefficient (Wildman–Crippen LogP) is 1.61. The van der Waals surface area contributed by atoms with E-state index in [-0.39, 0.29) is 16.6 Å². The molecule has 84 valence electrons. The molecule has 1 N–H and O–H groups in total. The summed E-state index contributed by atoms with van der Waals surface area (Å²) in [6.45, 7) is 11.0. The van der Waals surface area contributed by atoms with Crippen LogP contribution in [0.25, 0.3) is 0 Å². The summed E-state index contributed by atoms with van der Waals surface area (Å²) in [5, 5.41) is 0. The second kappa shape index (κ2) is 3.20. The van der Waals surface area contributed by atoms with E-state index in [2.05, 4.69) is 32.4 Å². The lowest BCUT2D eigenvalue weighted by atomic mass is 10.0. The molecule has 1 aliphatic carbocycles. The zero-order chi connectivity index (χ0) is 11.2. The third kappa shape index (κ3) is 1.82. The smallest absolute Gasteiger partial charge is 0.211 e. The molecule has 0 aromatic rings. The van der Waals surface area contributed by atoms with Crippen molar-refractivity contribution in [2.45, 2.75) is 34.6 Å². The van der Waals surface area contributed by atoms with Crippen molar-refractivity contribution in [2.24, 2.45) is 16.7 Å². The standard InChI is InChI=1S/C10H21NO2S/c1-6-14(12,13)11-7-8-9(2,3)10(8,4)5/h8,11H,6-7H2,1-5H3. The van der Waals surface area contributed by atoms with Gasteiger partial charge in [-0.25, -0.2) is 13.1 Å². The highest BCUT2D eigenvalue weighted by molar-refractivity contribution is 7.89. The van der Waals surface area contributed by atoms with Crippen molar-refractivity contribution in [1.82, 2.24) is 4.72 Å². The Hall–Kier alpha value is -0.0900. The maximum absolute atomic E-state index is 11.2. The molecular weight excluding hydrogens is 198 g/mol. The minimum absolute atomic E-state index is 0.167. The van der Waals surface area contributed by atoms with Gasteiger partial charge in [0.15, 0.2) is 0 Å². The van der Waals surface area contributed by atoms with Crippen LogP contribution in [0.3, 0.4) is 0 Å². The maximum atomic E-state index is 11.2. The predicted molar refractivity (Wildman–Crippen MR) is 58.5 cm³/mol. The van der Waals surface area contributed by atoms with Gasteiger partial charge in [-0.2, -0.15) is 0 Å². The first kappa shape index (κ1) is 12.0. The van der Waals surface area contributed by atoms with Crippen LogP contribution >= 0.6 is 0 Å². The number of nitrogens with one attached hydrogen (secondary N) is 1. The Labute approximate surface area is 87.3 Å². The molecule has 0 bridgehead atoms. The molecule has 0 amide bonds. The van der Waals surface area contributed by atoms with Gasteiger partial charge in [0.1, 0.15) is 0 Å². The Morgan fingerprint density at radius 3 is 1.86 bits per heavy atom. The van der Waals surface area contributed by atoms with Crippen LogP contribution in [0.1, 0.15) is 34.6 Å². The average molecular weight is 219 g/mol. The van der Waals surface area contributed by atoms with E-state index in [4.69, 9.17) is 0 Å². The molecule has 4 heteroatoms. The lowest BCUT2D eigenvalue weighted by Gasteiger charge is -2.04. The van der Waals surface area contributed by atoms with E-state index >= 15 is 0 Å². The second-order valence-electron chi connectivity index (χ2n) is 5.25. The van der Waals surface area contributed by atoms with Crippen molar-refractivity contribution in [3.8, 4) is 0 Å². The van der Waals surface area contributed by atoms with Gasteiger partial charge in [-0.15, -0.1) is 0 Å². The molecular formula is C10H21NO2S. The van der Waals surface area contributed by atoms with E-state index in [1.54, 1.807) is 6.92 Å². The van der Waals surface area contributed by atoms with Crippen LogP contribution in [0, 0.1) is 16.7 Å².